The van der Waals surface area contributed by atoms with Gasteiger partial charge in [0, 0.05) is 30.4 Å². The first-order chi connectivity index (χ1) is 13.7. The van der Waals surface area contributed by atoms with Crippen LogP contribution in [0.25, 0.3) is 0 Å². The number of aromatic nitrogens is 1. The Labute approximate surface area is 174 Å². The Morgan fingerprint density at radius 2 is 1.86 bits per heavy atom. The fourth-order valence-corrected chi connectivity index (χ4v) is 3.04. The minimum absolute atomic E-state index is 0.0238. The van der Waals surface area contributed by atoms with Gasteiger partial charge in [0.1, 0.15) is 5.76 Å². The van der Waals surface area contributed by atoms with Crippen molar-refractivity contribution in [2.75, 3.05) is 6.54 Å². The molecule has 0 unspecified atom stereocenters. The van der Waals surface area contributed by atoms with E-state index in [0.717, 1.165) is 18.7 Å². The first-order valence-corrected chi connectivity index (χ1v) is 10.5. The largest absolute Gasteiger partial charge is 0.454 e. The third-order valence-corrected chi connectivity index (χ3v) is 5.15. The second kappa shape index (κ2) is 10.3. The Kier molecular flexibility index (Phi) is 8.11. The molecular formula is C23H35N3O3. The van der Waals surface area contributed by atoms with Gasteiger partial charge in [-0.1, -0.05) is 34.6 Å². The molecule has 0 aromatic carbocycles. The SMILES string of the molecule is CCCN(Cc1cccn1Cc1ccc(C(=O)N[C@@H](C)C(C)C)o1)C(=O)C(C)C. The van der Waals surface area contributed by atoms with Crippen LogP contribution in [0, 0.1) is 11.8 Å². The molecule has 2 rings (SSSR count). The molecule has 2 aromatic heterocycles. The molecule has 0 aliphatic rings. The molecule has 0 saturated heterocycles. The topological polar surface area (TPSA) is 67.5 Å². The molecule has 0 fully saturated rings. The highest BCUT2D eigenvalue weighted by Gasteiger charge is 2.19. The number of amides is 2. The quantitative estimate of drug-likeness (QED) is 0.645. The number of nitrogens with one attached hydrogen (secondary N) is 1. The van der Waals surface area contributed by atoms with Gasteiger partial charge in [0.25, 0.3) is 5.91 Å². The zero-order valence-corrected chi connectivity index (χ0v) is 18.6. The van der Waals surface area contributed by atoms with Crippen LogP contribution < -0.4 is 5.32 Å². The van der Waals surface area contributed by atoms with Crippen LogP contribution in [0.2, 0.25) is 0 Å². The van der Waals surface area contributed by atoms with E-state index in [4.69, 9.17) is 4.42 Å². The first kappa shape index (κ1) is 22.8. The van der Waals surface area contributed by atoms with Crippen molar-refractivity contribution in [1.82, 2.24) is 14.8 Å². The summed E-state index contributed by atoms with van der Waals surface area (Å²) in [4.78, 5) is 26.7. The van der Waals surface area contributed by atoms with Crippen LogP contribution in [0.3, 0.4) is 0 Å². The number of hydrogen-bond donors (Lipinski definition) is 1. The van der Waals surface area contributed by atoms with Crippen molar-refractivity contribution >= 4 is 11.8 Å². The second-order valence-corrected chi connectivity index (χ2v) is 8.31. The summed E-state index contributed by atoms with van der Waals surface area (Å²) in [6.45, 7) is 13.9. The van der Waals surface area contributed by atoms with Gasteiger partial charge in [0.05, 0.1) is 13.1 Å². The molecule has 160 valence electrons. The zero-order valence-electron chi connectivity index (χ0n) is 18.6. The number of carbonyl (C=O) groups is 2. The summed E-state index contributed by atoms with van der Waals surface area (Å²) < 4.78 is 7.84. The van der Waals surface area contributed by atoms with Gasteiger partial charge < -0.3 is 19.2 Å². The van der Waals surface area contributed by atoms with Gasteiger partial charge in [-0.2, -0.15) is 0 Å². The molecular weight excluding hydrogens is 366 g/mol. The highest BCUT2D eigenvalue weighted by molar-refractivity contribution is 5.91. The molecule has 29 heavy (non-hydrogen) atoms. The molecule has 6 nitrogen and oxygen atoms in total. The van der Waals surface area contributed by atoms with E-state index in [0.29, 0.717) is 30.5 Å². The summed E-state index contributed by atoms with van der Waals surface area (Å²) in [5, 5.41) is 2.96. The van der Waals surface area contributed by atoms with Gasteiger partial charge in [0.15, 0.2) is 5.76 Å². The third kappa shape index (κ3) is 6.24. The van der Waals surface area contributed by atoms with Gasteiger partial charge in [-0.25, -0.2) is 0 Å². The summed E-state index contributed by atoms with van der Waals surface area (Å²) >= 11 is 0. The lowest BCUT2D eigenvalue weighted by molar-refractivity contribution is -0.135. The molecule has 6 heteroatoms. The van der Waals surface area contributed by atoms with E-state index in [-0.39, 0.29) is 23.8 Å². The molecule has 2 amide bonds. The second-order valence-electron chi connectivity index (χ2n) is 8.31. The maximum absolute atomic E-state index is 12.5. The monoisotopic (exact) mass is 401 g/mol. The maximum Gasteiger partial charge on any atom is 0.287 e. The number of hydrogen-bond acceptors (Lipinski definition) is 3. The average molecular weight is 402 g/mol. The van der Waals surface area contributed by atoms with Gasteiger partial charge in [-0.05, 0) is 43.5 Å². The van der Waals surface area contributed by atoms with E-state index in [2.05, 4.69) is 30.7 Å². The fraction of sp³-hybridized carbons (Fsp3) is 0.565. The molecule has 1 N–H and O–H groups in total. The van der Waals surface area contributed by atoms with Gasteiger partial charge in [-0.3, -0.25) is 9.59 Å². The standard InChI is InChI=1S/C23H35N3O3/c1-7-12-26(23(28)17(4)5)14-19-9-8-13-25(19)15-20-10-11-21(29-20)22(27)24-18(6)16(2)3/h8-11,13,16-18H,7,12,14-15H2,1-6H3,(H,24,27)/t18-/m0/s1. The Hall–Kier alpha value is -2.50. The highest BCUT2D eigenvalue weighted by atomic mass is 16.4. The van der Waals surface area contributed by atoms with Gasteiger partial charge >= 0.3 is 0 Å². The minimum atomic E-state index is -0.193. The predicted molar refractivity (Wildman–Crippen MR) is 115 cm³/mol. The average Bonchev–Trinajstić information content (AvgIpc) is 3.30. The first-order valence-electron chi connectivity index (χ1n) is 10.5. The molecule has 0 aliphatic carbocycles. The van der Waals surface area contributed by atoms with Crippen LogP contribution in [0.1, 0.15) is 70.0 Å². The highest BCUT2D eigenvalue weighted by Crippen LogP contribution is 2.15. The predicted octanol–water partition coefficient (Wildman–Crippen LogP) is 4.30. The van der Waals surface area contributed by atoms with E-state index in [1.165, 1.54) is 0 Å². The molecule has 0 saturated carbocycles. The van der Waals surface area contributed by atoms with Crippen LogP contribution in [0.5, 0.6) is 0 Å². The van der Waals surface area contributed by atoms with E-state index < -0.39 is 0 Å². The van der Waals surface area contributed by atoms with E-state index >= 15 is 0 Å². The normalized spacial score (nSPS) is 12.4. The van der Waals surface area contributed by atoms with Crippen molar-refractivity contribution < 1.29 is 14.0 Å². The minimum Gasteiger partial charge on any atom is -0.454 e. The van der Waals surface area contributed by atoms with Gasteiger partial charge in [-0.15, -0.1) is 0 Å². The maximum atomic E-state index is 12.5. The molecule has 0 bridgehead atoms. The number of carbonyl (C=O) groups excluding carboxylic acids is 2. The van der Waals surface area contributed by atoms with Crippen molar-refractivity contribution in [3.8, 4) is 0 Å². The van der Waals surface area contributed by atoms with Crippen molar-refractivity contribution in [1.29, 1.82) is 0 Å². The Balaban J connectivity index is 2.07. The van der Waals surface area contributed by atoms with Crippen LogP contribution in [0.15, 0.2) is 34.9 Å². The van der Waals surface area contributed by atoms with Crippen LogP contribution in [-0.2, 0) is 17.9 Å². The van der Waals surface area contributed by atoms with Crippen LogP contribution in [0.4, 0.5) is 0 Å². The Morgan fingerprint density at radius 3 is 2.48 bits per heavy atom. The Morgan fingerprint density at radius 1 is 1.14 bits per heavy atom. The molecule has 0 radical (unpaired) electrons. The lowest BCUT2D eigenvalue weighted by Crippen LogP contribution is -2.35. The van der Waals surface area contributed by atoms with E-state index in [1.807, 2.05) is 50.1 Å². The fourth-order valence-electron chi connectivity index (χ4n) is 3.04. The van der Waals surface area contributed by atoms with E-state index in [1.54, 1.807) is 6.07 Å². The molecule has 1 atom stereocenters. The Bertz CT molecular complexity index is 804. The van der Waals surface area contributed by atoms with Crippen LogP contribution >= 0.6 is 0 Å². The number of furan rings is 1. The summed E-state index contributed by atoms with van der Waals surface area (Å²) in [7, 11) is 0. The lowest BCUT2D eigenvalue weighted by atomic mass is 10.1. The number of rotatable bonds is 10. The van der Waals surface area contributed by atoms with Crippen molar-refractivity contribution in [2.24, 2.45) is 11.8 Å². The smallest absolute Gasteiger partial charge is 0.287 e. The van der Waals surface area contributed by atoms with Crippen molar-refractivity contribution in [3.63, 3.8) is 0 Å². The lowest BCUT2D eigenvalue weighted by Gasteiger charge is -2.24. The van der Waals surface area contributed by atoms with E-state index in [9.17, 15) is 9.59 Å². The summed E-state index contributed by atoms with van der Waals surface area (Å²) in [5.41, 5.74) is 1.04. The number of nitrogens with zero attached hydrogens (tertiary/aromatic N) is 2. The molecule has 0 aliphatic heterocycles. The molecule has 0 spiro atoms. The molecule has 2 heterocycles. The van der Waals surface area contributed by atoms with Crippen LogP contribution in [-0.4, -0.2) is 33.9 Å². The van der Waals surface area contributed by atoms with Gasteiger partial charge in [0.2, 0.25) is 5.91 Å². The van der Waals surface area contributed by atoms with Crippen molar-refractivity contribution in [2.45, 2.75) is 67.1 Å². The third-order valence-electron chi connectivity index (χ3n) is 5.15. The van der Waals surface area contributed by atoms with Crippen molar-refractivity contribution in [3.05, 3.63) is 47.7 Å². The summed E-state index contributed by atoms with van der Waals surface area (Å²) in [6, 6.07) is 7.63. The zero-order chi connectivity index (χ0) is 21.6. The summed E-state index contributed by atoms with van der Waals surface area (Å²) in [5.74, 6) is 1.34. The summed E-state index contributed by atoms with van der Waals surface area (Å²) in [6.07, 6.45) is 2.90. The molecule has 2 aromatic rings.